The maximum atomic E-state index is 12.9. The SMILES string of the molecule is O=[N+]([O-])c1cccc(C(Cl)(Cl)c2ccc(F)cc2)c1. The fourth-order valence-corrected chi connectivity index (χ4v) is 2.13. The lowest BCUT2D eigenvalue weighted by molar-refractivity contribution is -0.384. The van der Waals surface area contributed by atoms with Gasteiger partial charge in [0.05, 0.1) is 4.92 Å². The highest BCUT2D eigenvalue weighted by atomic mass is 35.5. The van der Waals surface area contributed by atoms with Gasteiger partial charge in [0.15, 0.2) is 4.33 Å². The van der Waals surface area contributed by atoms with E-state index < -0.39 is 15.1 Å². The van der Waals surface area contributed by atoms with E-state index in [0.717, 1.165) is 0 Å². The number of hydrogen-bond donors (Lipinski definition) is 0. The van der Waals surface area contributed by atoms with Crippen molar-refractivity contribution in [3.63, 3.8) is 0 Å². The fraction of sp³-hybridized carbons (Fsp3) is 0.0769. The highest BCUT2D eigenvalue weighted by Crippen LogP contribution is 2.41. The molecule has 0 aliphatic rings. The van der Waals surface area contributed by atoms with E-state index in [-0.39, 0.29) is 5.69 Å². The Hall–Kier alpha value is -1.65. The van der Waals surface area contributed by atoms with Gasteiger partial charge in [0.1, 0.15) is 5.82 Å². The average molecular weight is 300 g/mol. The maximum absolute atomic E-state index is 12.9. The number of nitrogens with zero attached hydrogens (tertiary/aromatic N) is 1. The molecule has 0 atom stereocenters. The van der Waals surface area contributed by atoms with Crippen LogP contribution in [-0.4, -0.2) is 4.92 Å². The van der Waals surface area contributed by atoms with Gasteiger partial charge in [0.2, 0.25) is 0 Å². The largest absolute Gasteiger partial charge is 0.269 e. The van der Waals surface area contributed by atoms with Crippen LogP contribution in [0.25, 0.3) is 0 Å². The summed E-state index contributed by atoms with van der Waals surface area (Å²) in [4.78, 5) is 10.2. The van der Waals surface area contributed by atoms with Crippen LogP contribution >= 0.6 is 23.2 Å². The summed E-state index contributed by atoms with van der Waals surface area (Å²) in [5.41, 5.74) is 0.694. The lowest BCUT2D eigenvalue weighted by atomic mass is 10.0. The summed E-state index contributed by atoms with van der Waals surface area (Å²) < 4.78 is 11.4. The third-order valence-corrected chi connectivity index (χ3v) is 3.50. The van der Waals surface area contributed by atoms with Crippen molar-refractivity contribution in [1.82, 2.24) is 0 Å². The Balaban J connectivity index is 2.46. The molecule has 0 saturated carbocycles. The molecule has 0 heterocycles. The van der Waals surface area contributed by atoms with Crippen molar-refractivity contribution in [2.24, 2.45) is 0 Å². The first kappa shape index (κ1) is 13.8. The third kappa shape index (κ3) is 2.85. The highest BCUT2D eigenvalue weighted by molar-refractivity contribution is 6.50. The molecular weight excluding hydrogens is 292 g/mol. The van der Waals surface area contributed by atoms with Crippen molar-refractivity contribution in [3.8, 4) is 0 Å². The predicted octanol–water partition coefficient (Wildman–Crippen LogP) is 4.41. The minimum atomic E-state index is -1.47. The molecule has 6 heteroatoms. The topological polar surface area (TPSA) is 43.1 Å². The van der Waals surface area contributed by atoms with Gasteiger partial charge in [-0.3, -0.25) is 10.1 Å². The van der Waals surface area contributed by atoms with Crippen molar-refractivity contribution in [1.29, 1.82) is 0 Å². The number of nitro groups is 1. The lowest BCUT2D eigenvalue weighted by Gasteiger charge is -2.20. The molecule has 0 bridgehead atoms. The molecule has 0 aromatic heterocycles. The van der Waals surface area contributed by atoms with Crippen LogP contribution in [0.2, 0.25) is 0 Å². The molecule has 0 fully saturated rings. The van der Waals surface area contributed by atoms with Crippen LogP contribution in [0.4, 0.5) is 10.1 Å². The Morgan fingerprint density at radius 1 is 1.05 bits per heavy atom. The summed E-state index contributed by atoms with van der Waals surface area (Å²) in [5.74, 6) is -0.410. The van der Waals surface area contributed by atoms with Crippen LogP contribution in [0.3, 0.4) is 0 Å². The number of non-ortho nitro benzene ring substituents is 1. The van der Waals surface area contributed by atoms with Gasteiger partial charge in [0, 0.05) is 12.1 Å². The first-order valence-corrected chi connectivity index (χ1v) is 6.05. The van der Waals surface area contributed by atoms with E-state index >= 15 is 0 Å². The van der Waals surface area contributed by atoms with Crippen molar-refractivity contribution in [2.75, 3.05) is 0 Å². The van der Waals surface area contributed by atoms with Crippen molar-refractivity contribution in [3.05, 3.63) is 75.6 Å². The summed E-state index contributed by atoms with van der Waals surface area (Å²) >= 11 is 12.5. The van der Waals surface area contributed by atoms with E-state index in [1.807, 2.05) is 0 Å². The number of halogens is 3. The quantitative estimate of drug-likeness (QED) is 0.478. The van der Waals surface area contributed by atoms with Crippen molar-refractivity contribution >= 4 is 28.9 Å². The van der Waals surface area contributed by atoms with Gasteiger partial charge < -0.3 is 0 Å². The van der Waals surface area contributed by atoms with Gasteiger partial charge in [-0.05, 0) is 23.3 Å². The molecule has 2 aromatic rings. The first-order chi connectivity index (χ1) is 8.91. The Morgan fingerprint density at radius 3 is 2.26 bits per heavy atom. The van der Waals surface area contributed by atoms with Crippen molar-refractivity contribution in [2.45, 2.75) is 4.33 Å². The molecule has 0 spiro atoms. The van der Waals surface area contributed by atoms with Gasteiger partial charge in [-0.25, -0.2) is 4.39 Å². The number of benzene rings is 2. The molecule has 3 nitrogen and oxygen atoms in total. The zero-order valence-corrected chi connectivity index (χ0v) is 11.0. The van der Waals surface area contributed by atoms with Gasteiger partial charge in [-0.2, -0.15) is 0 Å². The van der Waals surface area contributed by atoms with E-state index in [2.05, 4.69) is 0 Å². The molecule has 0 saturated heterocycles. The van der Waals surface area contributed by atoms with E-state index in [9.17, 15) is 14.5 Å². The fourth-order valence-electron chi connectivity index (χ4n) is 1.64. The number of rotatable bonds is 3. The molecule has 0 aliphatic carbocycles. The Bertz CT molecular complexity index is 614. The minimum Gasteiger partial charge on any atom is -0.258 e. The lowest BCUT2D eigenvalue weighted by Crippen LogP contribution is -2.12. The summed E-state index contributed by atoms with van der Waals surface area (Å²) in [5, 5.41) is 10.7. The van der Waals surface area contributed by atoms with Crippen LogP contribution in [0.5, 0.6) is 0 Å². The summed E-state index contributed by atoms with van der Waals surface area (Å²) in [6.45, 7) is 0. The zero-order chi connectivity index (χ0) is 14.0. The normalized spacial score (nSPS) is 11.3. The number of alkyl halides is 2. The monoisotopic (exact) mass is 299 g/mol. The predicted molar refractivity (Wildman–Crippen MR) is 72.0 cm³/mol. The molecular formula is C13H8Cl2FNO2. The summed E-state index contributed by atoms with van der Waals surface area (Å²) in [6, 6.07) is 11.1. The highest BCUT2D eigenvalue weighted by Gasteiger charge is 2.30. The van der Waals surface area contributed by atoms with Crippen LogP contribution in [0.15, 0.2) is 48.5 Å². The molecule has 2 rings (SSSR count). The van der Waals surface area contributed by atoms with Crippen molar-refractivity contribution < 1.29 is 9.31 Å². The third-order valence-electron chi connectivity index (χ3n) is 2.63. The van der Waals surface area contributed by atoms with Crippen LogP contribution in [0.1, 0.15) is 11.1 Å². The Kier molecular flexibility index (Phi) is 3.73. The van der Waals surface area contributed by atoms with Crippen LogP contribution in [0, 0.1) is 15.9 Å². The van der Waals surface area contributed by atoms with Gasteiger partial charge >= 0.3 is 0 Å². The number of hydrogen-bond acceptors (Lipinski definition) is 2. The molecule has 19 heavy (non-hydrogen) atoms. The van der Waals surface area contributed by atoms with E-state index in [1.54, 1.807) is 6.07 Å². The summed E-state index contributed by atoms with van der Waals surface area (Å²) in [7, 11) is 0. The smallest absolute Gasteiger partial charge is 0.258 e. The van der Waals surface area contributed by atoms with Gasteiger partial charge in [0.25, 0.3) is 5.69 Å². The van der Waals surface area contributed by atoms with Crippen LogP contribution < -0.4 is 0 Å². The second kappa shape index (κ2) is 5.15. The average Bonchev–Trinajstić information content (AvgIpc) is 2.39. The molecule has 0 aliphatic heterocycles. The second-order valence-corrected chi connectivity index (χ2v) is 5.22. The first-order valence-electron chi connectivity index (χ1n) is 5.30. The maximum Gasteiger partial charge on any atom is 0.269 e. The Morgan fingerprint density at radius 2 is 1.68 bits per heavy atom. The molecule has 0 amide bonds. The molecule has 0 unspecified atom stereocenters. The standard InChI is InChI=1S/C13H8Cl2FNO2/c14-13(15,9-4-6-11(16)7-5-9)10-2-1-3-12(8-10)17(18)19/h1-8H. The van der Waals surface area contributed by atoms with Gasteiger partial charge in [-0.15, -0.1) is 0 Å². The second-order valence-electron chi connectivity index (χ2n) is 3.89. The molecule has 2 aromatic carbocycles. The number of nitro benzene ring substituents is 1. The van der Waals surface area contributed by atoms with E-state index in [4.69, 9.17) is 23.2 Å². The Labute approximate surface area is 118 Å². The van der Waals surface area contributed by atoms with Crippen LogP contribution in [-0.2, 0) is 4.33 Å². The zero-order valence-electron chi connectivity index (χ0n) is 9.52. The van der Waals surface area contributed by atoms with Gasteiger partial charge in [-0.1, -0.05) is 47.5 Å². The molecule has 98 valence electrons. The molecule has 0 N–H and O–H groups in total. The summed E-state index contributed by atoms with van der Waals surface area (Å²) in [6.07, 6.45) is 0. The van der Waals surface area contributed by atoms with E-state index in [1.165, 1.54) is 42.5 Å². The van der Waals surface area contributed by atoms with E-state index in [0.29, 0.717) is 11.1 Å². The molecule has 0 radical (unpaired) electrons. The minimum absolute atomic E-state index is 0.106.